The molecule has 0 aromatic carbocycles. The minimum absolute atomic E-state index is 0.148. The summed E-state index contributed by atoms with van der Waals surface area (Å²) in [6, 6.07) is 0. The average molecular weight is 148 g/mol. The van der Waals surface area contributed by atoms with Gasteiger partial charge in [-0.1, -0.05) is 6.92 Å². The monoisotopic (exact) mass is 148 g/mol. The molecule has 0 aromatic heterocycles. The summed E-state index contributed by atoms with van der Waals surface area (Å²) in [5, 5.41) is 17.9. The normalized spacial score (nSPS) is 54.3. The summed E-state index contributed by atoms with van der Waals surface area (Å²) in [4.78, 5) is 0. The molecule has 2 N–H and O–H groups in total. The Labute approximate surface area is 59.7 Å². The Balaban J connectivity index is 2.70. The molecule has 1 saturated carbocycles. The van der Waals surface area contributed by atoms with Gasteiger partial charge in [0.25, 0.3) is 0 Å². The zero-order chi connectivity index (χ0) is 7.99. The number of halogens is 1. The van der Waals surface area contributed by atoms with Gasteiger partial charge < -0.3 is 10.2 Å². The van der Waals surface area contributed by atoms with Gasteiger partial charge in [-0.15, -0.1) is 0 Å². The molecular formula is C7H13FO2. The molecule has 0 aliphatic heterocycles. The second-order valence-electron chi connectivity index (χ2n) is 3.37. The van der Waals surface area contributed by atoms with Crippen LogP contribution >= 0.6 is 0 Å². The Kier molecular flexibility index (Phi) is 1.53. The Hall–Kier alpha value is -0.150. The first-order chi connectivity index (χ1) is 4.44. The molecule has 0 radical (unpaired) electrons. The largest absolute Gasteiger partial charge is 0.393 e. The average Bonchev–Trinajstić information content (AvgIpc) is 1.88. The van der Waals surface area contributed by atoms with Crippen molar-refractivity contribution in [2.24, 2.45) is 5.92 Å². The highest BCUT2D eigenvalue weighted by Gasteiger charge is 2.61. The molecule has 60 valence electrons. The van der Waals surface area contributed by atoms with Gasteiger partial charge in [-0.3, -0.25) is 0 Å². The third-order valence-electron chi connectivity index (χ3n) is 2.74. The van der Waals surface area contributed by atoms with Crippen LogP contribution in [-0.4, -0.2) is 28.1 Å². The molecule has 10 heavy (non-hydrogen) atoms. The molecule has 0 spiro atoms. The van der Waals surface area contributed by atoms with Crippen LogP contribution in [0, 0.1) is 5.92 Å². The third kappa shape index (κ3) is 0.705. The lowest BCUT2D eigenvalue weighted by molar-refractivity contribution is -0.224. The molecule has 3 heteroatoms. The summed E-state index contributed by atoms with van der Waals surface area (Å²) in [7, 11) is 0. The van der Waals surface area contributed by atoms with Crippen molar-refractivity contribution in [3.05, 3.63) is 0 Å². The van der Waals surface area contributed by atoms with Crippen LogP contribution in [0.4, 0.5) is 4.39 Å². The molecular weight excluding hydrogens is 135 g/mol. The maximum absolute atomic E-state index is 13.2. The molecule has 1 fully saturated rings. The van der Waals surface area contributed by atoms with Crippen LogP contribution in [0.25, 0.3) is 0 Å². The van der Waals surface area contributed by atoms with Gasteiger partial charge in [0.1, 0.15) is 11.3 Å². The molecule has 3 unspecified atom stereocenters. The van der Waals surface area contributed by atoms with E-state index < -0.39 is 17.9 Å². The fourth-order valence-corrected chi connectivity index (χ4v) is 1.44. The van der Waals surface area contributed by atoms with Crippen LogP contribution in [-0.2, 0) is 0 Å². The summed E-state index contributed by atoms with van der Waals surface area (Å²) >= 11 is 0. The fraction of sp³-hybridized carbons (Fsp3) is 1.00. The van der Waals surface area contributed by atoms with E-state index in [0.29, 0.717) is 6.42 Å². The minimum Gasteiger partial charge on any atom is -0.393 e. The molecule has 1 aliphatic rings. The molecule has 0 amide bonds. The van der Waals surface area contributed by atoms with Gasteiger partial charge in [0, 0.05) is 0 Å². The number of aliphatic hydroxyl groups is 2. The Morgan fingerprint density at radius 3 is 2.30 bits per heavy atom. The highest BCUT2D eigenvalue weighted by atomic mass is 19.1. The van der Waals surface area contributed by atoms with Crippen LogP contribution in [0.3, 0.4) is 0 Å². The Bertz CT molecular complexity index is 144. The van der Waals surface area contributed by atoms with E-state index in [1.54, 1.807) is 6.92 Å². The van der Waals surface area contributed by atoms with E-state index in [0.717, 1.165) is 0 Å². The van der Waals surface area contributed by atoms with Gasteiger partial charge in [-0.05, 0) is 19.3 Å². The SMILES string of the molecule is CC1CC(O)(CO)C1(C)F. The molecule has 0 aromatic rings. The lowest BCUT2D eigenvalue weighted by Gasteiger charge is -2.52. The topological polar surface area (TPSA) is 40.5 Å². The highest BCUT2D eigenvalue weighted by molar-refractivity contribution is 5.10. The van der Waals surface area contributed by atoms with Crippen molar-refractivity contribution >= 4 is 0 Å². The quantitative estimate of drug-likeness (QED) is 0.567. The Morgan fingerprint density at radius 2 is 2.20 bits per heavy atom. The zero-order valence-corrected chi connectivity index (χ0v) is 6.26. The van der Waals surface area contributed by atoms with Gasteiger partial charge in [-0.2, -0.15) is 0 Å². The molecule has 3 atom stereocenters. The summed E-state index contributed by atoms with van der Waals surface area (Å²) in [5.74, 6) is -0.148. The summed E-state index contributed by atoms with van der Waals surface area (Å²) < 4.78 is 13.2. The van der Waals surface area contributed by atoms with Crippen LogP contribution in [0.1, 0.15) is 20.3 Å². The predicted octanol–water partition coefficient (Wildman–Crippen LogP) is 0.478. The number of alkyl halides is 1. The zero-order valence-electron chi connectivity index (χ0n) is 6.26. The smallest absolute Gasteiger partial charge is 0.141 e. The van der Waals surface area contributed by atoms with Crippen molar-refractivity contribution < 1.29 is 14.6 Å². The van der Waals surface area contributed by atoms with E-state index in [4.69, 9.17) is 5.11 Å². The van der Waals surface area contributed by atoms with Crippen molar-refractivity contribution in [3.63, 3.8) is 0 Å². The standard InChI is InChI=1S/C7H13FO2/c1-5-3-7(10,4-9)6(5,2)8/h5,9-10H,3-4H2,1-2H3. The highest BCUT2D eigenvalue weighted by Crippen LogP contribution is 2.49. The number of aliphatic hydroxyl groups excluding tert-OH is 1. The molecule has 1 aliphatic carbocycles. The molecule has 0 saturated heterocycles. The summed E-state index contributed by atoms with van der Waals surface area (Å²) in [5.41, 5.74) is -3.09. The first-order valence-corrected chi connectivity index (χ1v) is 3.46. The van der Waals surface area contributed by atoms with E-state index in [1.807, 2.05) is 0 Å². The maximum atomic E-state index is 13.2. The van der Waals surface area contributed by atoms with E-state index >= 15 is 0 Å². The molecule has 2 nitrogen and oxygen atoms in total. The van der Waals surface area contributed by atoms with Gasteiger partial charge in [0.05, 0.1) is 6.61 Å². The van der Waals surface area contributed by atoms with Crippen molar-refractivity contribution in [2.75, 3.05) is 6.61 Å². The second kappa shape index (κ2) is 1.92. The molecule has 0 bridgehead atoms. The van der Waals surface area contributed by atoms with Crippen molar-refractivity contribution in [3.8, 4) is 0 Å². The Morgan fingerprint density at radius 1 is 1.70 bits per heavy atom. The van der Waals surface area contributed by atoms with Crippen molar-refractivity contribution in [1.29, 1.82) is 0 Å². The van der Waals surface area contributed by atoms with E-state index in [1.165, 1.54) is 6.92 Å². The van der Waals surface area contributed by atoms with Crippen LogP contribution in [0.15, 0.2) is 0 Å². The lowest BCUT2D eigenvalue weighted by Crippen LogP contribution is -2.66. The number of hydrogen-bond acceptors (Lipinski definition) is 2. The first-order valence-electron chi connectivity index (χ1n) is 3.46. The van der Waals surface area contributed by atoms with Crippen LogP contribution in [0.5, 0.6) is 0 Å². The van der Waals surface area contributed by atoms with E-state index in [2.05, 4.69) is 0 Å². The fourth-order valence-electron chi connectivity index (χ4n) is 1.44. The van der Waals surface area contributed by atoms with Crippen LogP contribution in [0.2, 0.25) is 0 Å². The molecule has 1 rings (SSSR count). The van der Waals surface area contributed by atoms with Gasteiger partial charge in [0.15, 0.2) is 0 Å². The predicted molar refractivity (Wildman–Crippen MR) is 35.3 cm³/mol. The summed E-state index contributed by atoms with van der Waals surface area (Å²) in [6.07, 6.45) is 0.358. The lowest BCUT2D eigenvalue weighted by atomic mass is 9.61. The van der Waals surface area contributed by atoms with Crippen molar-refractivity contribution in [2.45, 2.75) is 31.5 Å². The number of hydrogen-bond donors (Lipinski definition) is 2. The second-order valence-corrected chi connectivity index (χ2v) is 3.37. The third-order valence-corrected chi connectivity index (χ3v) is 2.74. The van der Waals surface area contributed by atoms with Gasteiger partial charge >= 0.3 is 0 Å². The van der Waals surface area contributed by atoms with E-state index in [-0.39, 0.29) is 5.92 Å². The molecule has 0 heterocycles. The first kappa shape index (κ1) is 7.95. The van der Waals surface area contributed by atoms with Crippen LogP contribution < -0.4 is 0 Å². The summed E-state index contributed by atoms with van der Waals surface area (Å²) in [6.45, 7) is 2.58. The van der Waals surface area contributed by atoms with Gasteiger partial charge in [-0.25, -0.2) is 4.39 Å². The number of rotatable bonds is 1. The van der Waals surface area contributed by atoms with Gasteiger partial charge in [0.2, 0.25) is 0 Å². The minimum atomic E-state index is -1.61. The van der Waals surface area contributed by atoms with E-state index in [9.17, 15) is 9.50 Å². The van der Waals surface area contributed by atoms with Crippen molar-refractivity contribution in [1.82, 2.24) is 0 Å². The maximum Gasteiger partial charge on any atom is 0.141 e.